The van der Waals surface area contributed by atoms with Crippen LogP contribution in [-0.2, 0) is 9.59 Å². The zero-order chi connectivity index (χ0) is 15.9. The molecule has 0 aliphatic heterocycles. The minimum Gasteiger partial charge on any atom is -0.481 e. The quantitative estimate of drug-likeness (QED) is 0.839. The first-order valence-corrected chi connectivity index (χ1v) is 7.79. The average molecular weight is 299 g/mol. The molecule has 1 saturated carbocycles. The Morgan fingerprint density at radius 3 is 2.23 bits per heavy atom. The van der Waals surface area contributed by atoms with Crippen LogP contribution in [-0.4, -0.2) is 17.0 Å². The number of carboxylic acid groups (broad SMARTS) is 1. The lowest BCUT2D eigenvalue weighted by Gasteiger charge is -2.23. The van der Waals surface area contributed by atoms with Crippen LogP contribution in [0.25, 0.3) is 0 Å². The molecule has 1 aromatic rings. The van der Waals surface area contributed by atoms with E-state index < -0.39 is 17.8 Å². The molecule has 0 spiro atoms. The second-order valence-electron chi connectivity index (χ2n) is 6.60. The molecule has 0 aromatic heterocycles. The maximum absolute atomic E-state index is 12.5. The fourth-order valence-electron chi connectivity index (χ4n) is 3.69. The summed E-state index contributed by atoms with van der Waals surface area (Å²) in [5.41, 5.74) is 1.94. The number of anilines is 1. The van der Waals surface area contributed by atoms with Gasteiger partial charge in [-0.1, -0.05) is 38.1 Å². The molecule has 1 amide bonds. The molecule has 2 unspecified atom stereocenters. The van der Waals surface area contributed by atoms with Crippen LogP contribution in [0.3, 0.4) is 0 Å². The van der Waals surface area contributed by atoms with Crippen LogP contribution >= 0.6 is 0 Å². The van der Waals surface area contributed by atoms with Gasteiger partial charge < -0.3 is 10.4 Å². The first-order chi connectivity index (χ1) is 10.5. The summed E-state index contributed by atoms with van der Waals surface area (Å²) < 4.78 is 0. The largest absolute Gasteiger partial charge is 0.481 e. The van der Waals surface area contributed by atoms with Crippen molar-refractivity contribution in [2.24, 2.45) is 23.7 Å². The second-order valence-corrected chi connectivity index (χ2v) is 6.60. The number of amides is 1. The molecule has 2 aliphatic carbocycles. The van der Waals surface area contributed by atoms with Gasteiger partial charge in [-0.05, 0) is 41.9 Å². The van der Waals surface area contributed by atoms with Crippen LogP contribution in [0, 0.1) is 23.7 Å². The standard InChI is InChI=1S/C18H21NO3/c1-10(2)11-5-7-14(8-6-11)19-17(20)15-12-3-4-13(9-12)16(15)18(21)22/h3-8,10,12-13,15-16H,9H2,1-2H3,(H,19,20)(H,21,22)/t12?,13?,15-,16+/m1/s1. The number of nitrogens with one attached hydrogen (secondary N) is 1. The normalized spacial score (nSPS) is 29.0. The number of hydrogen-bond donors (Lipinski definition) is 2. The van der Waals surface area contributed by atoms with E-state index in [1.165, 1.54) is 5.56 Å². The van der Waals surface area contributed by atoms with Crippen LogP contribution in [0.5, 0.6) is 0 Å². The number of aliphatic carboxylic acids is 1. The molecule has 4 heteroatoms. The molecule has 2 bridgehead atoms. The highest BCUT2D eigenvalue weighted by Crippen LogP contribution is 2.48. The number of benzene rings is 1. The van der Waals surface area contributed by atoms with Crippen molar-refractivity contribution in [1.82, 2.24) is 0 Å². The fraction of sp³-hybridized carbons (Fsp3) is 0.444. The van der Waals surface area contributed by atoms with E-state index in [9.17, 15) is 14.7 Å². The smallest absolute Gasteiger partial charge is 0.307 e. The van der Waals surface area contributed by atoms with Gasteiger partial charge in [-0.2, -0.15) is 0 Å². The van der Waals surface area contributed by atoms with Crippen LogP contribution < -0.4 is 5.32 Å². The van der Waals surface area contributed by atoms with E-state index in [-0.39, 0.29) is 17.7 Å². The van der Waals surface area contributed by atoms with E-state index in [0.717, 1.165) is 12.1 Å². The number of hydrogen-bond acceptors (Lipinski definition) is 2. The summed E-state index contributed by atoms with van der Waals surface area (Å²) >= 11 is 0. The van der Waals surface area contributed by atoms with Crippen molar-refractivity contribution in [2.45, 2.75) is 26.2 Å². The molecule has 3 rings (SSSR count). The topological polar surface area (TPSA) is 66.4 Å². The Labute approximate surface area is 130 Å². The fourth-order valence-corrected chi connectivity index (χ4v) is 3.69. The molecule has 2 aliphatic rings. The van der Waals surface area contributed by atoms with Gasteiger partial charge in [0.05, 0.1) is 11.8 Å². The molecule has 0 heterocycles. The Balaban J connectivity index is 1.74. The number of carbonyl (C=O) groups excluding carboxylic acids is 1. The predicted molar refractivity (Wildman–Crippen MR) is 84.5 cm³/mol. The maximum atomic E-state index is 12.5. The molecular formula is C18H21NO3. The van der Waals surface area contributed by atoms with Gasteiger partial charge in [-0.3, -0.25) is 9.59 Å². The van der Waals surface area contributed by atoms with E-state index in [0.29, 0.717) is 5.92 Å². The molecule has 4 nitrogen and oxygen atoms in total. The Morgan fingerprint density at radius 1 is 1.09 bits per heavy atom. The van der Waals surface area contributed by atoms with Gasteiger partial charge in [-0.25, -0.2) is 0 Å². The van der Waals surface area contributed by atoms with Gasteiger partial charge in [-0.15, -0.1) is 0 Å². The number of fused-ring (bicyclic) bond motifs is 2. The SMILES string of the molecule is CC(C)c1ccc(NC(=O)[C@@H]2C3C=CC(C3)[C@@H]2C(=O)O)cc1. The number of carboxylic acids is 1. The van der Waals surface area contributed by atoms with Crippen LogP contribution in [0.4, 0.5) is 5.69 Å². The predicted octanol–water partition coefficient (Wildman–Crippen LogP) is 3.27. The van der Waals surface area contributed by atoms with Crippen molar-refractivity contribution in [3.05, 3.63) is 42.0 Å². The summed E-state index contributed by atoms with van der Waals surface area (Å²) in [5, 5.41) is 12.3. The summed E-state index contributed by atoms with van der Waals surface area (Å²) in [5.74, 6) is -1.60. The molecule has 1 aromatic carbocycles. The van der Waals surface area contributed by atoms with Crippen molar-refractivity contribution in [2.75, 3.05) is 5.32 Å². The van der Waals surface area contributed by atoms with Crippen molar-refractivity contribution < 1.29 is 14.7 Å². The van der Waals surface area contributed by atoms with Gasteiger partial charge in [0, 0.05) is 5.69 Å². The third kappa shape index (κ3) is 2.54. The van der Waals surface area contributed by atoms with Gasteiger partial charge in [0.25, 0.3) is 0 Å². The molecule has 4 atom stereocenters. The summed E-state index contributed by atoms with van der Waals surface area (Å²) in [6.45, 7) is 4.24. The second kappa shape index (κ2) is 5.59. The van der Waals surface area contributed by atoms with Gasteiger partial charge >= 0.3 is 5.97 Å². The average Bonchev–Trinajstić information content (AvgIpc) is 3.08. The molecule has 0 saturated heterocycles. The Morgan fingerprint density at radius 2 is 1.68 bits per heavy atom. The molecule has 2 N–H and O–H groups in total. The molecular weight excluding hydrogens is 278 g/mol. The summed E-state index contributed by atoms with van der Waals surface area (Å²) in [6.07, 6.45) is 4.72. The van der Waals surface area contributed by atoms with E-state index >= 15 is 0 Å². The van der Waals surface area contributed by atoms with Crippen molar-refractivity contribution in [1.29, 1.82) is 0 Å². The minimum atomic E-state index is -0.868. The highest BCUT2D eigenvalue weighted by atomic mass is 16.4. The molecule has 1 fully saturated rings. The van der Waals surface area contributed by atoms with Gasteiger partial charge in [0.15, 0.2) is 0 Å². The lowest BCUT2D eigenvalue weighted by atomic mass is 9.82. The van der Waals surface area contributed by atoms with E-state index in [4.69, 9.17) is 0 Å². The van der Waals surface area contributed by atoms with Crippen molar-refractivity contribution in [3.8, 4) is 0 Å². The zero-order valence-electron chi connectivity index (χ0n) is 12.8. The van der Waals surface area contributed by atoms with Crippen molar-refractivity contribution in [3.63, 3.8) is 0 Å². The summed E-state index contributed by atoms with van der Waals surface area (Å²) in [4.78, 5) is 24.0. The van der Waals surface area contributed by atoms with Crippen molar-refractivity contribution >= 4 is 17.6 Å². The highest BCUT2D eigenvalue weighted by molar-refractivity contribution is 5.96. The summed E-state index contributed by atoms with van der Waals surface area (Å²) in [6, 6.07) is 7.75. The Hall–Kier alpha value is -2.10. The van der Waals surface area contributed by atoms with Gasteiger partial charge in [0.2, 0.25) is 5.91 Å². The van der Waals surface area contributed by atoms with E-state index in [2.05, 4.69) is 19.2 Å². The van der Waals surface area contributed by atoms with Crippen LogP contribution in [0.1, 0.15) is 31.7 Å². The number of allylic oxidation sites excluding steroid dienone is 2. The first kappa shape index (κ1) is 14.8. The maximum Gasteiger partial charge on any atom is 0.307 e. The minimum absolute atomic E-state index is 0.00145. The molecule has 0 radical (unpaired) electrons. The van der Waals surface area contributed by atoms with E-state index in [1.54, 1.807) is 0 Å². The zero-order valence-corrected chi connectivity index (χ0v) is 12.8. The molecule has 116 valence electrons. The van der Waals surface area contributed by atoms with E-state index in [1.807, 2.05) is 36.4 Å². The highest BCUT2D eigenvalue weighted by Gasteiger charge is 2.51. The lowest BCUT2D eigenvalue weighted by molar-refractivity contribution is -0.146. The Bertz CT molecular complexity index is 618. The molecule has 22 heavy (non-hydrogen) atoms. The number of carbonyl (C=O) groups is 2. The third-order valence-electron chi connectivity index (χ3n) is 4.89. The Kier molecular flexibility index (Phi) is 3.77. The van der Waals surface area contributed by atoms with Gasteiger partial charge in [0.1, 0.15) is 0 Å². The lowest BCUT2D eigenvalue weighted by Crippen LogP contribution is -2.36. The monoisotopic (exact) mass is 299 g/mol. The first-order valence-electron chi connectivity index (χ1n) is 7.79. The number of rotatable bonds is 4. The van der Waals surface area contributed by atoms with Crippen LogP contribution in [0.15, 0.2) is 36.4 Å². The van der Waals surface area contributed by atoms with Crippen LogP contribution in [0.2, 0.25) is 0 Å². The summed E-state index contributed by atoms with van der Waals surface area (Å²) in [7, 11) is 0. The third-order valence-corrected chi connectivity index (χ3v) is 4.89.